The number of ether oxygens (including phenoxy) is 2. The first-order valence-corrected chi connectivity index (χ1v) is 9.21. The van der Waals surface area contributed by atoms with Crippen molar-refractivity contribution in [2.24, 2.45) is 5.92 Å². The summed E-state index contributed by atoms with van der Waals surface area (Å²) in [6, 6.07) is 0. The van der Waals surface area contributed by atoms with Gasteiger partial charge in [-0.25, -0.2) is 0 Å². The molecule has 0 aromatic carbocycles. The fraction of sp³-hybridized carbons (Fsp3) is 1.00. The van der Waals surface area contributed by atoms with Gasteiger partial charge in [0.1, 0.15) is 0 Å². The van der Waals surface area contributed by atoms with Crippen LogP contribution in [0.15, 0.2) is 0 Å². The fourth-order valence-corrected chi connectivity index (χ4v) is 2.86. The van der Waals surface area contributed by atoms with Crippen LogP contribution in [0, 0.1) is 5.92 Å². The molecule has 0 amide bonds. The van der Waals surface area contributed by atoms with Crippen molar-refractivity contribution in [2.75, 3.05) is 20.3 Å². The third kappa shape index (κ3) is 11.2. The summed E-state index contributed by atoms with van der Waals surface area (Å²) in [4.78, 5) is 0. The van der Waals surface area contributed by atoms with E-state index in [-0.39, 0.29) is 5.60 Å². The molecule has 0 bridgehead atoms. The standard InChI is InChI=1S/C19H40O2/c1-6-8-9-10-11-12-14-18(19(3,4)20-5)15-13-17-21-16-7-2/h18H,6-17H2,1-5H3. The molecule has 0 spiro atoms. The Morgan fingerprint density at radius 3 is 2.00 bits per heavy atom. The summed E-state index contributed by atoms with van der Waals surface area (Å²) < 4.78 is 11.3. The van der Waals surface area contributed by atoms with Crippen LogP contribution in [0.25, 0.3) is 0 Å². The van der Waals surface area contributed by atoms with Gasteiger partial charge < -0.3 is 9.47 Å². The van der Waals surface area contributed by atoms with Gasteiger partial charge in [-0.15, -0.1) is 0 Å². The molecule has 0 aromatic rings. The molecule has 0 aliphatic rings. The quantitative estimate of drug-likeness (QED) is 0.346. The molecule has 0 fully saturated rings. The molecule has 2 nitrogen and oxygen atoms in total. The van der Waals surface area contributed by atoms with Crippen molar-refractivity contribution in [3.63, 3.8) is 0 Å². The lowest BCUT2D eigenvalue weighted by molar-refractivity contribution is -0.0371. The van der Waals surface area contributed by atoms with Crippen LogP contribution in [0.4, 0.5) is 0 Å². The summed E-state index contributed by atoms with van der Waals surface area (Å²) in [6.45, 7) is 10.7. The number of hydrogen-bond acceptors (Lipinski definition) is 2. The highest BCUT2D eigenvalue weighted by atomic mass is 16.5. The van der Waals surface area contributed by atoms with Crippen molar-refractivity contribution in [1.82, 2.24) is 0 Å². The zero-order valence-corrected chi connectivity index (χ0v) is 15.4. The molecular formula is C19H40O2. The SMILES string of the molecule is CCCCCCCCC(CCCOCCC)C(C)(C)OC. The maximum atomic E-state index is 5.73. The van der Waals surface area contributed by atoms with Crippen molar-refractivity contribution < 1.29 is 9.47 Å². The largest absolute Gasteiger partial charge is 0.381 e. The van der Waals surface area contributed by atoms with E-state index in [0.29, 0.717) is 5.92 Å². The molecular weight excluding hydrogens is 260 g/mol. The molecule has 0 saturated heterocycles. The van der Waals surface area contributed by atoms with E-state index in [1.54, 1.807) is 0 Å². The highest BCUT2D eigenvalue weighted by molar-refractivity contribution is 4.79. The van der Waals surface area contributed by atoms with E-state index in [0.717, 1.165) is 26.1 Å². The maximum absolute atomic E-state index is 5.73. The molecule has 0 aliphatic heterocycles. The number of rotatable bonds is 15. The van der Waals surface area contributed by atoms with Crippen LogP contribution in [0.2, 0.25) is 0 Å². The molecule has 0 rings (SSSR count). The smallest absolute Gasteiger partial charge is 0.0650 e. The summed E-state index contributed by atoms with van der Waals surface area (Å²) in [5.74, 6) is 0.652. The van der Waals surface area contributed by atoms with E-state index in [2.05, 4.69) is 27.7 Å². The van der Waals surface area contributed by atoms with Gasteiger partial charge in [0.15, 0.2) is 0 Å². The summed E-state index contributed by atoms with van der Waals surface area (Å²) in [7, 11) is 1.85. The van der Waals surface area contributed by atoms with Crippen molar-refractivity contribution >= 4 is 0 Å². The van der Waals surface area contributed by atoms with Gasteiger partial charge in [-0.1, -0.05) is 52.4 Å². The summed E-state index contributed by atoms with van der Waals surface area (Å²) >= 11 is 0. The second-order valence-electron chi connectivity index (χ2n) is 6.82. The second kappa shape index (κ2) is 13.6. The Balaban J connectivity index is 3.93. The highest BCUT2D eigenvalue weighted by Gasteiger charge is 2.28. The minimum absolute atomic E-state index is 0.00578. The lowest BCUT2D eigenvalue weighted by Gasteiger charge is -2.33. The lowest BCUT2D eigenvalue weighted by atomic mass is 9.82. The van der Waals surface area contributed by atoms with E-state index >= 15 is 0 Å². The van der Waals surface area contributed by atoms with Crippen LogP contribution in [0.5, 0.6) is 0 Å². The molecule has 0 aromatic heterocycles. The van der Waals surface area contributed by atoms with Crippen LogP contribution < -0.4 is 0 Å². The first-order chi connectivity index (χ1) is 10.1. The minimum Gasteiger partial charge on any atom is -0.381 e. The first kappa shape index (κ1) is 20.9. The Labute approximate surface area is 134 Å². The zero-order chi connectivity index (χ0) is 16.0. The van der Waals surface area contributed by atoms with Crippen LogP contribution in [-0.4, -0.2) is 25.9 Å². The van der Waals surface area contributed by atoms with Crippen LogP contribution in [0.1, 0.15) is 91.9 Å². The van der Waals surface area contributed by atoms with Crippen molar-refractivity contribution in [2.45, 2.75) is 97.5 Å². The molecule has 0 saturated carbocycles. The molecule has 0 aliphatic carbocycles. The van der Waals surface area contributed by atoms with E-state index in [9.17, 15) is 0 Å². The molecule has 2 heteroatoms. The first-order valence-electron chi connectivity index (χ1n) is 9.21. The van der Waals surface area contributed by atoms with Crippen LogP contribution in [0.3, 0.4) is 0 Å². The Hall–Kier alpha value is -0.0800. The normalized spacial score (nSPS) is 13.6. The summed E-state index contributed by atoms with van der Waals surface area (Å²) in [5, 5.41) is 0. The molecule has 0 radical (unpaired) electrons. The van der Waals surface area contributed by atoms with E-state index in [1.807, 2.05) is 7.11 Å². The summed E-state index contributed by atoms with van der Waals surface area (Å²) in [6.07, 6.45) is 13.0. The average molecular weight is 301 g/mol. The molecule has 21 heavy (non-hydrogen) atoms. The monoisotopic (exact) mass is 300 g/mol. The second-order valence-corrected chi connectivity index (χ2v) is 6.82. The number of hydrogen-bond donors (Lipinski definition) is 0. The van der Waals surface area contributed by atoms with Crippen molar-refractivity contribution in [1.29, 1.82) is 0 Å². The molecule has 128 valence electrons. The van der Waals surface area contributed by atoms with Gasteiger partial charge in [-0.3, -0.25) is 0 Å². The Morgan fingerprint density at radius 1 is 0.762 bits per heavy atom. The van der Waals surface area contributed by atoms with Gasteiger partial charge in [0.25, 0.3) is 0 Å². The Bertz CT molecular complexity index is 214. The average Bonchev–Trinajstić information content (AvgIpc) is 2.48. The van der Waals surface area contributed by atoms with Crippen LogP contribution >= 0.6 is 0 Å². The van der Waals surface area contributed by atoms with Gasteiger partial charge >= 0.3 is 0 Å². The van der Waals surface area contributed by atoms with E-state index in [1.165, 1.54) is 51.4 Å². The van der Waals surface area contributed by atoms with Crippen molar-refractivity contribution in [3.05, 3.63) is 0 Å². The van der Waals surface area contributed by atoms with Crippen LogP contribution in [-0.2, 0) is 9.47 Å². The number of methoxy groups -OCH3 is 1. The predicted molar refractivity (Wildman–Crippen MR) is 92.9 cm³/mol. The Kier molecular flexibility index (Phi) is 13.5. The van der Waals surface area contributed by atoms with Gasteiger partial charge in [-0.2, -0.15) is 0 Å². The molecule has 0 heterocycles. The molecule has 0 N–H and O–H groups in total. The van der Waals surface area contributed by atoms with Gasteiger partial charge in [0.05, 0.1) is 5.60 Å². The fourth-order valence-electron chi connectivity index (χ4n) is 2.86. The molecule has 1 unspecified atom stereocenters. The predicted octanol–water partition coefficient (Wildman–Crippen LogP) is 5.99. The number of unbranched alkanes of at least 4 members (excludes halogenated alkanes) is 5. The zero-order valence-electron chi connectivity index (χ0n) is 15.4. The van der Waals surface area contributed by atoms with Gasteiger partial charge in [0, 0.05) is 20.3 Å². The minimum atomic E-state index is -0.00578. The maximum Gasteiger partial charge on any atom is 0.0650 e. The van der Waals surface area contributed by atoms with E-state index in [4.69, 9.17) is 9.47 Å². The Morgan fingerprint density at radius 2 is 1.38 bits per heavy atom. The van der Waals surface area contributed by atoms with E-state index < -0.39 is 0 Å². The lowest BCUT2D eigenvalue weighted by Crippen LogP contribution is -2.33. The van der Waals surface area contributed by atoms with Crippen molar-refractivity contribution in [3.8, 4) is 0 Å². The third-order valence-corrected chi connectivity index (χ3v) is 4.61. The summed E-state index contributed by atoms with van der Waals surface area (Å²) in [5.41, 5.74) is -0.00578. The third-order valence-electron chi connectivity index (χ3n) is 4.61. The van der Waals surface area contributed by atoms with Gasteiger partial charge in [0.2, 0.25) is 0 Å². The molecule has 1 atom stereocenters. The highest BCUT2D eigenvalue weighted by Crippen LogP contribution is 2.30. The van der Waals surface area contributed by atoms with Gasteiger partial charge in [-0.05, 0) is 45.4 Å². The topological polar surface area (TPSA) is 18.5 Å².